The van der Waals surface area contributed by atoms with E-state index in [1.807, 2.05) is 12.2 Å². The van der Waals surface area contributed by atoms with Crippen molar-refractivity contribution in [2.24, 2.45) is 0 Å². The molecular weight excluding hydrogens is 379 g/mol. The molecule has 9 heteroatoms. The van der Waals surface area contributed by atoms with Crippen molar-refractivity contribution in [2.45, 2.75) is 19.3 Å². The summed E-state index contributed by atoms with van der Waals surface area (Å²) in [6.07, 6.45) is -7.10. The molecule has 0 aliphatic rings. The summed E-state index contributed by atoms with van der Waals surface area (Å²) in [5, 5.41) is 6.31. The predicted octanol–water partition coefficient (Wildman–Crippen LogP) is 3.61. The van der Waals surface area contributed by atoms with E-state index in [4.69, 9.17) is 17.0 Å². The lowest BCUT2D eigenvalue weighted by molar-refractivity contribution is -0.156. The minimum atomic E-state index is -4.75. The summed E-state index contributed by atoms with van der Waals surface area (Å²) in [6, 6.07) is 12.7. The van der Waals surface area contributed by atoms with E-state index in [2.05, 4.69) is 10.6 Å². The van der Waals surface area contributed by atoms with Crippen molar-refractivity contribution in [3.8, 4) is 5.75 Å². The van der Waals surface area contributed by atoms with E-state index in [1.54, 1.807) is 36.4 Å². The first-order valence-electron chi connectivity index (χ1n) is 7.85. The Kier molecular flexibility index (Phi) is 6.62. The van der Waals surface area contributed by atoms with Gasteiger partial charge in [-0.2, -0.15) is 13.2 Å². The van der Waals surface area contributed by atoms with E-state index in [0.29, 0.717) is 11.4 Å². The number of rotatable bonds is 5. The maximum atomic E-state index is 13.3. The van der Waals surface area contributed by atoms with Gasteiger partial charge in [-0.25, -0.2) is 0 Å². The number of benzene rings is 2. The quantitative estimate of drug-likeness (QED) is 0.532. The third-order valence-electron chi connectivity index (χ3n) is 3.52. The van der Waals surface area contributed by atoms with Crippen LogP contribution in [0, 0.1) is 6.92 Å². The van der Waals surface area contributed by atoms with Gasteiger partial charge >= 0.3 is 6.18 Å². The van der Waals surface area contributed by atoms with Gasteiger partial charge in [0.1, 0.15) is 5.75 Å². The Morgan fingerprint density at radius 1 is 1.11 bits per heavy atom. The smallest absolute Gasteiger partial charge is 0.427 e. The molecule has 2 aromatic carbocycles. The molecule has 27 heavy (non-hydrogen) atoms. The maximum absolute atomic E-state index is 13.3. The number of anilines is 1. The summed E-state index contributed by atoms with van der Waals surface area (Å²) in [6.45, 7) is 1.81. The van der Waals surface area contributed by atoms with Crippen LogP contribution in [0.25, 0.3) is 0 Å². The summed E-state index contributed by atoms with van der Waals surface area (Å²) < 4.78 is 44.9. The van der Waals surface area contributed by atoms with Gasteiger partial charge in [0.05, 0.1) is 7.11 Å². The molecule has 3 N–H and O–H groups in total. The molecule has 144 valence electrons. The number of carbonyl (C=O) groups excluding carboxylic acids is 1. The van der Waals surface area contributed by atoms with Crippen molar-refractivity contribution in [1.29, 1.82) is 0 Å². The van der Waals surface area contributed by atoms with Gasteiger partial charge in [-0.05, 0) is 43.4 Å². The van der Waals surface area contributed by atoms with Crippen LogP contribution in [0.1, 0.15) is 15.9 Å². The predicted molar refractivity (Wildman–Crippen MR) is 101 cm³/mol. The number of nitrogens with one attached hydrogen (secondary N) is 3. The van der Waals surface area contributed by atoms with Crippen LogP contribution in [0.2, 0.25) is 0 Å². The largest absolute Gasteiger partial charge is 0.497 e. The average molecular weight is 397 g/mol. The fraction of sp³-hybridized carbons (Fsp3) is 0.222. The lowest BCUT2D eigenvalue weighted by atomic mass is 10.1. The number of thiocarbonyl (C=S) groups is 1. The highest BCUT2D eigenvalue weighted by atomic mass is 32.1. The summed E-state index contributed by atoms with van der Waals surface area (Å²) in [5.74, 6) is -0.350. The monoisotopic (exact) mass is 397 g/mol. The molecule has 0 aliphatic carbocycles. The number of hydrogen-bond acceptors (Lipinski definition) is 3. The molecule has 2 rings (SSSR count). The number of aryl methyl sites for hydroxylation is 1. The Hall–Kier alpha value is -2.81. The van der Waals surface area contributed by atoms with Gasteiger partial charge in [-0.15, -0.1) is 0 Å². The fourth-order valence-electron chi connectivity index (χ4n) is 2.12. The molecule has 0 spiro atoms. The van der Waals surface area contributed by atoms with E-state index in [1.165, 1.54) is 19.2 Å². The highest BCUT2D eigenvalue weighted by molar-refractivity contribution is 7.80. The zero-order valence-electron chi connectivity index (χ0n) is 14.6. The topological polar surface area (TPSA) is 62.4 Å². The molecule has 0 heterocycles. The molecule has 1 atom stereocenters. The van der Waals surface area contributed by atoms with Crippen molar-refractivity contribution < 1.29 is 22.7 Å². The number of amides is 1. The molecular formula is C18H18F3N3O2S. The van der Waals surface area contributed by atoms with E-state index in [-0.39, 0.29) is 10.7 Å². The second kappa shape index (κ2) is 8.72. The second-order valence-corrected chi connectivity index (χ2v) is 6.05. The van der Waals surface area contributed by atoms with Crippen LogP contribution in [0.5, 0.6) is 5.75 Å². The standard InChI is InChI=1S/C18H18F3N3O2S/c1-11-6-8-12(9-7-11)15(25)23-16(18(19,20)21)24-17(27)22-13-4-3-5-14(10-13)26-2/h3-10,16H,1-2H3,(H,23,25)(H2,22,24,27). The summed E-state index contributed by atoms with van der Waals surface area (Å²) in [4.78, 5) is 12.1. The summed E-state index contributed by atoms with van der Waals surface area (Å²) in [7, 11) is 1.47. The van der Waals surface area contributed by atoms with Crippen molar-refractivity contribution in [3.63, 3.8) is 0 Å². The average Bonchev–Trinajstić information content (AvgIpc) is 2.61. The minimum absolute atomic E-state index is 0.114. The van der Waals surface area contributed by atoms with Crippen LogP contribution in [0.4, 0.5) is 18.9 Å². The molecule has 1 amide bonds. The molecule has 5 nitrogen and oxygen atoms in total. The van der Waals surface area contributed by atoms with Gasteiger partial charge in [0, 0.05) is 17.3 Å². The van der Waals surface area contributed by atoms with Crippen LogP contribution in [0.15, 0.2) is 48.5 Å². The first-order chi connectivity index (χ1) is 12.7. The third kappa shape index (κ3) is 6.14. The normalized spacial score (nSPS) is 12.0. The molecule has 0 aliphatic heterocycles. The molecule has 0 bridgehead atoms. The van der Waals surface area contributed by atoms with Gasteiger partial charge in [-0.3, -0.25) is 4.79 Å². The molecule has 0 saturated heterocycles. The zero-order valence-corrected chi connectivity index (χ0v) is 15.4. The molecule has 0 radical (unpaired) electrons. The van der Waals surface area contributed by atoms with Crippen LogP contribution in [0.3, 0.4) is 0 Å². The second-order valence-electron chi connectivity index (χ2n) is 5.64. The molecule has 1 unspecified atom stereocenters. The number of alkyl halides is 3. The lowest BCUT2D eigenvalue weighted by Crippen LogP contribution is -2.57. The SMILES string of the molecule is COc1cccc(NC(=S)NC(NC(=O)c2ccc(C)cc2)C(F)(F)F)c1. The van der Waals surface area contributed by atoms with Gasteiger partial charge in [0.25, 0.3) is 5.91 Å². The number of halogens is 3. The molecule has 0 saturated carbocycles. The first-order valence-corrected chi connectivity index (χ1v) is 8.25. The Balaban J connectivity index is 2.06. The van der Waals surface area contributed by atoms with Crippen molar-refractivity contribution in [2.75, 3.05) is 12.4 Å². The Labute approximate surface area is 159 Å². The first kappa shape index (κ1) is 20.5. The number of methoxy groups -OCH3 is 1. The maximum Gasteiger partial charge on any atom is 0.427 e. The minimum Gasteiger partial charge on any atom is -0.497 e. The van der Waals surface area contributed by atoms with Crippen LogP contribution >= 0.6 is 12.2 Å². The summed E-state index contributed by atoms with van der Waals surface area (Å²) >= 11 is 4.93. The highest BCUT2D eigenvalue weighted by Gasteiger charge is 2.41. The van der Waals surface area contributed by atoms with Crippen LogP contribution < -0.4 is 20.7 Å². The number of ether oxygens (including phenoxy) is 1. The number of carbonyl (C=O) groups is 1. The van der Waals surface area contributed by atoms with Crippen LogP contribution in [-0.2, 0) is 0 Å². The van der Waals surface area contributed by atoms with Crippen molar-refractivity contribution >= 4 is 28.9 Å². The Bertz CT molecular complexity index is 810. The van der Waals surface area contributed by atoms with E-state index < -0.39 is 18.2 Å². The number of hydrogen-bond donors (Lipinski definition) is 3. The van der Waals surface area contributed by atoms with E-state index >= 15 is 0 Å². The zero-order chi connectivity index (χ0) is 20.0. The summed E-state index contributed by atoms with van der Waals surface area (Å²) in [5.41, 5.74) is 1.45. The van der Waals surface area contributed by atoms with Gasteiger partial charge in [0.15, 0.2) is 11.3 Å². The van der Waals surface area contributed by atoms with Gasteiger partial charge in [-0.1, -0.05) is 23.8 Å². The molecule has 0 fully saturated rings. The van der Waals surface area contributed by atoms with Crippen molar-refractivity contribution in [1.82, 2.24) is 10.6 Å². The van der Waals surface area contributed by atoms with Crippen LogP contribution in [-0.4, -0.2) is 30.5 Å². The molecule has 2 aromatic rings. The Morgan fingerprint density at radius 2 is 1.78 bits per heavy atom. The fourth-order valence-corrected chi connectivity index (χ4v) is 2.35. The highest BCUT2D eigenvalue weighted by Crippen LogP contribution is 2.20. The molecule has 0 aromatic heterocycles. The van der Waals surface area contributed by atoms with Crippen molar-refractivity contribution in [3.05, 3.63) is 59.7 Å². The third-order valence-corrected chi connectivity index (χ3v) is 3.74. The Morgan fingerprint density at radius 3 is 2.37 bits per heavy atom. The van der Waals surface area contributed by atoms with Gasteiger partial charge in [0.2, 0.25) is 0 Å². The van der Waals surface area contributed by atoms with Gasteiger partial charge < -0.3 is 20.7 Å². The lowest BCUT2D eigenvalue weighted by Gasteiger charge is -2.24. The van der Waals surface area contributed by atoms with E-state index in [9.17, 15) is 18.0 Å². The van der Waals surface area contributed by atoms with E-state index in [0.717, 1.165) is 5.56 Å².